The summed E-state index contributed by atoms with van der Waals surface area (Å²) in [6.07, 6.45) is 0. The van der Waals surface area contributed by atoms with E-state index in [1.807, 2.05) is 24.3 Å². The van der Waals surface area contributed by atoms with Crippen molar-refractivity contribution in [1.82, 2.24) is 0 Å². The Balaban J connectivity index is 2.34. The standard InChI is InChI=1S/C17H19BrClN3O/c1-3-22(4-2)16-10-15(13(19)9-14(16)20)21-17(23)11-7-5-6-8-12(11)18/h5-10H,3-4,20H2,1-2H3,(H,21,23). The van der Waals surface area contributed by atoms with E-state index in [1.165, 1.54) is 0 Å². The molecule has 0 aliphatic carbocycles. The Morgan fingerprint density at radius 3 is 2.52 bits per heavy atom. The summed E-state index contributed by atoms with van der Waals surface area (Å²) in [5.74, 6) is -0.227. The third-order valence-corrected chi connectivity index (χ3v) is 4.59. The number of anilines is 3. The fraction of sp³-hybridized carbons (Fsp3) is 0.235. The molecule has 122 valence electrons. The third kappa shape index (κ3) is 3.98. The lowest BCUT2D eigenvalue weighted by Gasteiger charge is -2.24. The van der Waals surface area contributed by atoms with E-state index in [-0.39, 0.29) is 5.91 Å². The van der Waals surface area contributed by atoms with Gasteiger partial charge in [-0.15, -0.1) is 0 Å². The highest BCUT2D eigenvalue weighted by atomic mass is 79.9. The molecule has 1 amide bonds. The number of hydrogen-bond donors (Lipinski definition) is 2. The minimum Gasteiger partial charge on any atom is -0.397 e. The molecule has 0 radical (unpaired) electrons. The summed E-state index contributed by atoms with van der Waals surface area (Å²) < 4.78 is 0.730. The molecule has 0 aliphatic heterocycles. The number of halogens is 2. The van der Waals surface area contributed by atoms with Crippen molar-refractivity contribution < 1.29 is 4.79 Å². The van der Waals surface area contributed by atoms with Crippen molar-refractivity contribution in [1.29, 1.82) is 0 Å². The van der Waals surface area contributed by atoms with Crippen LogP contribution < -0.4 is 16.0 Å². The van der Waals surface area contributed by atoms with Gasteiger partial charge in [-0.2, -0.15) is 0 Å². The highest BCUT2D eigenvalue weighted by Crippen LogP contribution is 2.34. The summed E-state index contributed by atoms with van der Waals surface area (Å²) in [7, 11) is 0. The second kappa shape index (κ2) is 7.70. The molecule has 0 aromatic heterocycles. The van der Waals surface area contributed by atoms with Crippen LogP contribution in [0.4, 0.5) is 17.1 Å². The molecule has 0 fully saturated rings. The van der Waals surface area contributed by atoms with Crippen molar-refractivity contribution in [3.05, 3.63) is 51.5 Å². The third-order valence-electron chi connectivity index (χ3n) is 3.59. The summed E-state index contributed by atoms with van der Waals surface area (Å²) in [5.41, 5.74) is 8.61. The molecule has 6 heteroatoms. The zero-order valence-corrected chi connectivity index (χ0v) is 15.4. The molecular formula is C17H19BrClN3O. The van der Waals surface area contributed by atoms with Crippen LogP contribution in [0.3, 0.4) is 0 Å². The molecule has 0 saturated carbocycles. The first kappa shape index (κ1) is 17.6. The Labute approximate surface area is 149 Å². The van der Waals surface area contributed by atoms with Crippen molar-refractivity contribution in [3.8, 4) is 0 Å². The molecular weight excluding hydrogens is 378 g/mol. The molecule has 4 nitrogen and oxygen atoms in total. The average Bonchev–Trinajstić information content (AvgIpc) is 2.53. The van der Waals surface area contributed by atoms with Crippen molar-refractivity contribution >= 4 is 50.5 Å². The first-order chi connectivity index (χ1) is 11.0. The van der Waals surface area contributed by atoms with Crippen molar-refractivity contribution in [3.63, 3.8) is 0 Å². The van der Waals surface area contributed by atoms with Crippen LogP contribution in [0.2, 0.25) is 5.02 Å². The minimum atomic E-state index is -0.227. The van der Waals surface area contributed by atoms with Gasteiger partial charge in [-0.05, 0) is 54.0 Å². The lowest BCUT2D eigenvalue weighted by atomic mass is 10.2. The van der Waals surface area contributed by atoms with E-state index in [0.29, 0.717) is 22.0 Å². The maximum atomic E-state index is 12.4. The van der Waals surface area contributed by atoms with Crippen LogP contribution in [0.15, 0.2) is 40.9 Å². The molecule has 2 rings (SSSR count). The highest BCUT2D eigenvalue weighted by molar-refractivity contribution is 9.10. The molecule has 2 aromatic carbocycles. The fourth-order valence-electron chi connectivity index (χ4n) is 2.35. The van der Waals surface area contributed by atoms with Crippen LogP contribution in [-0.2, 0) is 0 Å². The van der Waals surface area contributed by atoms with E-state index >= 15 is 0 Å². The Hall–Kier alpha value is -1.72. The number of nitrogen functional groups attached to an aromatic ring is 1. The molecule has 23 heavy (non-hydrogen) atoms. The van der Waals surface area contributed by atoms with Crippen LogP contribution in [-0.4, -0.2) is 19.0 Å². The predicted octanol–water partition coefficient (Wildman–Crippen LogP) is 4.78. The van der Waals surface area contributed by atoms with Gasteiger partial charge in [0.25, 0.3) is 5.91 Å². The quantitative estimate of drug-likeness (QED) is 0.715. The lowest BCUT2D eigenvalue weighted by molar-refractivity contribution is 0.102. The van der Waals surface area contributed by atoms with Gasteiger partial charge in [0.1, 0.15) is 0 Å². The van der Waals surface area contributed by atoms with Crippen LogP contribution in [0.25, 0.3) is 0 Å². The van der Waals surface area contributed by atoms with Gasteiger partial charge in [-0.25, -0.2) is 0 Å². The summed E-state index contributed by atoms with van der Waals surface area (Å²) in [6, 6.07) is 10.7. The smallest absolute Gasteiger partial charge is 0.256 e. The van der Waals surface area contributed by atoms with Crippen molar-refractivity contribution in [2.45, 2.75) is 13.8 Å². The second-order valence-corrected chi connectivity index (χ2v) is 6.26. The summed E-state index contributed by atoms with van der Waals surface area (Å²) >= 11 is 9.62. The monoisotopic (exact) mass is 395 g/mol. The summed E-state index contributed by atoms with van der Waals surface area (Å²) in [4.78, 5) is 14.6. The highest BCUT2D eigenvalue weighted by Gasteiger charge is 2.15. The molecule has 0 saturated heterocycles. The topological polar surface area (TPSA) is 58.4 Å². The Morgan fingerprint density at radius 2 is 1.91 bits per heavy atom. The number of carbonyl (C=O) groups is 1. The number of rotatable bonds is 5. The van der Waals surface area contributed by atoms with Gasteiger partial charge >= 0.3 is 0 Å². The zero-order chi connectivity index (χ0) is 17.0. The maximum absolute atomic E-state index is 12.4. The Bertz CT molecular complexity index is 717. The lowest BCUT2D eigenvalue weighted by Crippen LogP contribution is -2.23. The molecule has 0 spiro atoms. The van der Waals surface area contributed by atoms with Gasteiger partial charge in [0, 0.05) is 17.6 Å². The number of nitrogens with zero attached hydrogens (tertiary/aromatic N) is 1. The van der Waals surface area contributed by atoms with Crippen molar-refractivity contribution in [2.24, 2.45) is 0 Å². The minimum absolute atomic E-state index is 0.227. The van der Waals surface area contributed by atoms with E-state index in [1.54, 1.807) is 12.1 Å². The van der Waals surface area contributed by atoms with Crippen LogP contribution in [0.1, 0.15) is 24.2 Å². The molecule has 2 aromatic rings. The molecule has 0 bridgehead atoms. The van der Waals surface area contributed by atoms with Gasteiger partial charge in [-0.3, -0.25) is 4.79 Å². The van der Waals surface area contributed by atoms with E-state index in [4.69, 9.17) is 17.3 Å². The fourth-order valence-corrected chi connectivity index (χ4v) is 3.03. The molecule has 0 aliphatic rings. The summed E-state index contributed by atoms with van der Waals surface area (Å²) in [5, 5.41) is 3.27. The molecule has 0 heterocycles. The van der Waals surface area contributed by atoms with Gasteiger partial charge in [0.2, 0.25) is 0 Å². The predicted molar refractivity (Wildman–Crippen MR) is 102 cm³/mol. The Morgan fingerprint density at radius 1 is 1.26 bits per heavy atom. The van der Waals surface area contributed by atoms with Crippen LogP contribution in [0, 0.1) is 0 Å². The second-order valence-electron chi connectivity index (χ2n) is 5.00. The number of hydrogen-bond acceptors (Lipinski definition) is 3. The first-order valence-electron chi connectivity index (χ1n) is 7.37. The molecule has 0 atom stereocenters. The number of carbonyl (C=O) groups excluding carboxylic acids is 1. The Kier molecular flexibility index (Phi) is 5.91. The first-order valence-corrected chi connectivity index (χ1v) is 8.54. The van der Waals surface area contributed by atoms with Gasteiger partial charge in [-0.1, -0.05) is 23.7 Å². The molecule has 3 N–H and O–H groups in total. The van der Waals surface area contributed by atoms with E-state index < -0.39 is 0 Å². The maximum Gasteiger partial charge on any atom is 0.256 e. The normalized spacial score (nSPS) is 10.4. The van der Waals surface area contributed by atoms with Crippen LogP contribution >= 0.6 is 27.5 Å². The van der Waals surface area contributed by atoms with Gasteiger partial charge in [0.05, 0.1) is 27.6 Å². The zero-order valence-electron chi connectivity index (χ0n) is 13.1. The van der Waals surface area contributed by atoms with Crippen LogP contribution in [0.5, 0.6) is 0 Å². The summed E-state index contributed by atoms with van der Waals surface area (Å²) in [6.45, 7) is 5.74. The SMILES string of the molecule is CCN(CC)c1cc(NC(=O)c2ccccc2Br)c(Cl)cc1N. The van der Waals surface area contributed by atoms with E-state index in [2.05, 4.69) is 40.0 Å². The van der Waals surface area contributed by atoms with Crippen molar-refractivity contribution in [2.75, 3.05) is 29.0 Å². The number of benzene rings is 2. The number of amides is 1. The van der Waals surface area contributed by atoms with Gasteiger partial charge < -0.3 is 16.0 Å². The van der Waals surface area contributed by atoms with E-state index in [9.17, 15) is 4.79 Å². The molecule has 0 unspecified atom stereocenters. The average molecular weight is 397 g/mol. The largest absolute Gasteiger partial charge is 0.397 e. The number of nitrogens with one attached hydrogen (secondary N) is 1. The van der Waals surface area contributed by atoms with Gasteiger partial charge in [0.15, 0.2) is 0 Å². The number of nitrogens with two attached hydrogens (primary N) is 1. The van der Waals surface area contributed by atoms with E-state index in [0.717, 1.165) is 23.2 Å².